The molecule has 2 rings (SSSR count). The van der Waals surface area contributed by atoms with Crippen molar-refractivity contribution in [3.8, 4) is 0 Å². The van der Waals surface area contributed by atoms with Crippen molar-refractivity contribution < 1.29 is 17.9 Å². The SMILES string of the molecule is NNc1cc(C(F)(F)F)cc(NCC2CCCCO2)n1. The first-order valence-corrected chi connectivity index (χ1v) is 6.40. The Morgan fingerprint density at radius 2 is 2.05 bits per heavy atom. The van der Waals surface area contributed by atoms with Crippen molar-refractivity contribution in [2.24, 2.45) is 5.84 Å². The molecular formula is C12H17F3N4O. The molecule has 0 amide bonds. The third-order valence-electron chi connectivity index (χ3n) is 3.09. The monoisotopic (exact) mass is 290 g/mol. The fraction of sp³-hybridized carbons (Fsp3) is 0.583. The third-order valence-corrected chi connectivity index (χ3v) is 3.09. The summed E-state index contributed by atoms with van der Waals surface area (Å²) in [6, 6.07) is 1.83. The predicted molar refractivity (Wildman–Crippen MR) is 69.1 cm³/mol. The molecule has 1 fully saturated rings. The van der Waals surface area contributed by atoms with Gasteiger partial charge in [-0.25, -0.2) is 10.8 Å². The van der Waals surface area contributed by atoms with E-state index in [1.54, 1.807) is 0 Å². The second-order valence-corrected chi connectivity index (χ2v) is 4.64. The molecule has 4 N–H and O–H groups in total. The van der Waals surface area contributed by atoms with Crippen LogP contribution in [0.3, 0.4) is 0 Å². The Kier molecular flexibility index (Phi) is 4.66. The van der Waals surface area contributed by atoms with E-state index in [1.807, 2.05) is 0 Å². The van der Waals surface area contributed by atoms with Crippen LogP contribution in [0.1, 0.15) is 24.8 Å². The summed E-state index contributed by atoms with van der Waals surface area (Å²) >= 11 is 0. The van der Waals surface area contributed by atoms with Crippen LogP contribution in [0, 0.1) is 0 Å². The topological polar surface area (TPSA) is 72.2 Å². The lowest BCUT2D eigenvalue weighted by Gasteiger charge is -2.23. The number of nitrogen functional groups attached to an aromatic ring is 1. The standard InChI is InChI=1S/C12H17F3N4O/c13-12(14,15)8-5-10(18-11(6-8)19-16)17-7-9-3-1-2-4-20-9/h5-6,9H,1-4,7,16H2,(H2,17,18,19). The first-order valence-electron chi connectivity index (χ1n) is 6.40. The molecule has 112 valence electrons. The van der Waals surface area contributed by atoms with E-state index >= 15 is 0 Å². The van der Waals surface area contributed by atoms with Crippen LogP contribution in [0.25, 0.3) is 0 Å². The van der Waals surface area contributed by atoms with Gasteiger partial charge in [0.2, 0.25) is 0 Å². The normalized spacial score (nSPS) is 19.7. The molecule has 1 unspecified atom stereocenters. The highest BCUT2D eigenvalue weighted by atomic mass is 19.4. The largest absolute Gasteiger partial charge is 0.416 e. The van der Waals surface area contributed by atoms with Crippen molar-refractivity contribution in [1.82, 2.24) is 4.98 Å². The van der Waals surface area contributed by atoms with Crippen LogP contribution in [0.4, 0.5) is 24.8 Å². The van der Waals surface area contributed by atoms with Gasteiger partial charge in [-0.2, -0.15) is 13.2 Å². The number of rotatable bonds is 4. The van der Waals surface area contributed by atoms with E-state index in [4.69, 9.17) is 10.6 Å². The quantitative estimate of drug-likeness (QED) is 0.586. The number of hydrogen-bond donors (Lipinski definition) is 3. The molecule has 1 aromatic heterocycles. The van der Waals surface area contributed by atoms with Gasteiger partial charge in [-0.1, -0.05) is 0 Å². The van der Waals surface area contributed by atoms with Gasteiger partial charge >= 0.3 is 6.18 Å². The summed E-state index contributed by atoms with van der Waals surface area (Å²) in [5.41, 5.74) is 1.34. The molecule has 2 heterocycles. The van der Waals surface area contributed by atoms with Crippen LogP contribution in [0.15, 0.2) is 12.1 Å². The van der Waals surface area contributed by atoms with E-state index in [0.29, 0.717) is 13.2 Å². The van der Waals surface area contributed by atoms with Gasteiger partial charge in [0.15, 0.2) is 0 Å². The van der Waals surface area contributed by atoms with Crippen molar-refractivity contribution in [2.75, 3.05) is 23.9 Å². The second kappa shape index (κ2) is 6.27. The van der Waals surface area contributed by atoms with Crippen LogP contribution in [-0.2, 0) is 10.9 Å². The minimum atomic E-state index is -4.44. The maximum atomic E-state index is 12.7. The lowest BCUT2D eigenvalue weighted by molar-refractivity contribution is -0.137. The van der Waals surface area contributed by atoms with Gasteiger partial charge in [0, 0.05) is 13.2 Å². The average molecular weight is 290 g/mol. The van der Waals surface area contributed by atoms with Crippen molar-refractivity contribution in [1.29, 1.82) is 0 Å². The molecule has 5 nitrogen and oxygen atoms in total. The molecule has 0 bridgehead atoms. The number of halogens is 3. The Hall–Kier alpha value is -1.54. The van der Waals surface area contributed by atoms with E-state index < -0.39 is 11.7 Å². The zero-order valence-electron chi connectivity index (χ0n) is 10.8. The molecule has 8 heteroatoms. The zero-order chi connectivity index (χ0) is 14.6. The molecular weight excluding hydrogens is 273 g/mol. The Labute approximate surface area is 114 Å². The Morgan fingerprint density at radius 3 is 2.65 bits per heavy atom. The highest BCUT2D eigenvalue weighted by Crippen LogP contribution is 2.31. The van der Waals surface area contributed by atoms with Gasteiger partial charge in [-0.05, 0) is 31.4 Å². The molecule has 20 heavy (non-hydrogen) atoms. The Bertz CT molecular complexity index is 447. The van der Waals surface area contributed by atoms with Crippen LogP contribution >= 0.6 is 0 Å². The van der Waals surface area contributed by atoms with E-state index in [2.05, 4.69) is 15.7 Å². The van der Waals surface area contributed by atoms with Crippen molar-refractivity contribution in [2.45, 2.75) is 31.5 Å². The molecule has 0 aromatic carbocycles. The number of pyridine rings is 1. The molecule has 0 aliphatic carbocycles. The summed E-state index contributed by atoms with van der Waals surface area (Å²) < 4.78 is 43.7. The number of nitrogens with zero attached hydrogens (tertiary/aromatic N) is 1. The summed E-state index contributed by atoms with van der Waals surface area (Å²) in [6.45, 7) is 1.12. The highest BCUT2D eigenvalue weighted by molar-refractivity contribution is 5.49. The van der Waals surface area contributed by atoms with Gasteiger partial charge in [-0.15, -0.1) is 0 Å². The lowest BCUT2D eigenvalue weighted by Crippen LogP contribution is -2.27. The fourth-order valence-electron chi connectivity index (χ4n) is 2.05. The number of ether oxygens (including phenoxy) is 1. The first-order chi connectivity index (χ1) is 9.49. The van der Waals surface area contributed by atoms with E-state index in [1.165, 1.54) is 0 Å². The van der Waals surface area contributed by atoms with Crippen molar-refractivity contribution in [3.05, 3.63) is 17.7 Å². The number of nitrogens with one attached hydrogen (secondary N) is 2. The smallest absolute Gasteiger partial charge is 0.376 e. The van der Waals surface area contributed by atoms with Crippen LogP contribution in [-0.4, -0.2) is 24.2 Å². The fourth-order valence-corrected chi connectivity index (χ4v) is 2.05. The first kappa shape index (κ1) is 14.9. The van der Waals surface area contributed by atoms with Crippen molar-refractivity contribution >= 4 is 11.6 Å². The number of anilines is 2. The summed E-state index contributed by atoms with van der Waals surface area (Å²) in [6.07, 6.45) is -1.44. The summed E-state index contributed by atoms with van der Waals surface area (Å²) in [7, 11) is 0. The second-order valence-electron chi connectivity index (χ2n) is 4.64. The maximum absolute atomic E-state index is 12.7. The number of nitrogens with two attached hydrogens (primary N) is 1. The predicted octanol–water partition coefficient (Wildman–Crippen LogP) is 2.37. The third kappa shape index (κ3) is 3.97. The summed E-state index contributed by atoms with van der Waals surface area (Å²) in [5.74, 6) is 5.23. The average Bonchev–Trinajstić information content (AvgIpc) is 2.45. The van der Waals surface area contributed by atoms with Crippen molar-refractivity contribution in [3.63, 3.8) is 0 Å². The minimum absolute atomic E-state index is 0.00868. The van der Waals surface area contributed by atoms with Crippen LogP contribution in [0.2, 0.25) is 0 Å². The van der Waals surface area contributed by atoms with Crippen LogP contribution in [0.5, 0.6) is 0 Å². The highest BCUT2D eigenvalue weighted by Gasteiger charge is 2.31. The number of hydrazine groups is 1. The van der Waals surface area contributed by atoms with Gasteiger partial charge in [-0.3, -0.25) is 0 Å². The molecule has 1 aromatic rings. The maximum Gasteiger partial charge on any atom is 0.416 e. The Balaban J connectivity index is 2.06. The Morgan fingerprint density at radius 1 is 1.30 bits per heavy atom. The van der Waals surface area contributed by atoms with E-state index in [-0.39, 0.29) is 17.7 Å². The van der Waals surface area contributed by atoms with E-state index in [9.17, 15) is 13.2 Å². The minimum Gasteiger partial charge on any atom is -0.376 e. The van der Waals surface area contributed by atoms with E-state index in [0.717, 1.165) is 31.4 Å². The molecule has 1 aliphatic rings. The number of alkyl halides is 3. The summed E-state index contributed by atoms with van der Waals surface area (Å²) in [5, 5.41) is 2.87. The lowest BCUT2D eigenvalue weighted by atomic mass is 10.1. The van der Waals surface area contributed by atoms with Gasteiger partial charge < -0.3 is 15.5 Å². The van der Waals surface area contributed by atoms with Crippen LogP contribution < -0.4 is 16.6 Å². The summed E-state index contributed by atoms with van der Waals surface area (Å²) in [4.78, 5) is 3.95. The van der Waals surface area contributed by atoms with Gasteiger partial charge in [0.25, 0.3) is 0 Å². The van der Waals surface area contributed by atoms with Gasteiger partial charge in [0.05, 0.1) is 11.7 Å². The molecule has 1 saturated heterocycles. The number of hydrogen-bond acceptors (Lipinski definition) is 5. The molecule has 0 saturated carbocycles. The molecule has 1 aliphatic heterocycles. The molecule has 1 atom stereocenters. The number of aromatic nitrogens is 1. The zero-order valence-corrected chi connectivity index (χ0v) is 10.8. The van der Waals surface area contributed by atoms with Gasteiger partial charge in [0.1, 0.15) is 11.6 Å². The molecule has 0 radical (unpaired) electrons. The molecule has 0 spiro atoms.